The van der Waals surface area contributed by atoms with Crippen LogP contribution in [0.2, 0.25) is 0 Å². The Labute approximate surface area is 100 Å². The van der Waals surface area contributed by atoms with Gasteiger partial charge < -0.3 is 5.73 Å². The van der Waals surface area contributed by atoms with Gasteiger partial charge in [-0.25, -0.2) is 0 Å². The Bertz CT molecular complexity index is 549. The van der Waals surface area contributed by atoms with Crippen molar-refractivity contribution in [3.05, 3.63) is 53.3 Å². The van der Waals surface area contributed by atoms with Crippen LogP contribution in [0.15, 0.2) is 36.7 Å². The average Bonchev–Trinajstić information content (AvgIpc) is 2.78. The number of nitrogens with two attached hydrogens (primary N) is 1. The summed E-state index contributed by atoms with van der Waals surface area (Å²) in [6, 6.07) is 9.69. The molecule has 0 aliphatic heterocycles. The van der Waals surface area contributed by atoms with Gasteiger partial charge in [0.1, 0.15) is 0 Å². The molecule has 1 aromatic heterocycles. The summed E-state index contributed by atoms with van der Waals surface area (Å²) in [5, 5.41) is 13.2. The highest BCUT2D eigenvalue weighted by atomic mass is 15.3. The van der Waals surface area contributed by atoms with E-state index < -0.39 is 0 Å². The van der Waals surface area contributed by atoms with Crippen LogP contribution < -0.4 is 5.73 Å². The van der Waals surface area contributed by atoms with Gasteiger partial charge in [0.05, 0.1) is 24.4 Å². The van der Waals surface area contributed by atoms with Crippen molar-refractivity contribution in [1.82, 2.24) is 9.78 Å². The van der Waals surface area contributed by atoms with E-state index in [9.17, 15) is 0 Å². The van der Waals surface area contributed by atoms with Crippen molar-refractivity contribution in [2.24, 2.45) is 5.73 Å². The van der Waals surface area contributed by atoms with Gasteiger partial charge in [0.25, 0.3) is 0 Å². The van der Waals surface area contributed by atoms with E-state index in [0.29, 0.717) is 12.1 Å². The van der Waals surface area contributed by atoms with E-state index in [1.807, 2.05) is 37.4 Å². The highest BCUT2D eigenvalue weighted by molar-refractivity contribution is 5.37. The fourth-order valence-electron chi connectivity index (χ4n) is 1.64. The van der Waals surface area contributed by atoms with Crippen LogP contribution in [-0.2, 0) is 6.54 Å². The standard InChI is InChI=1S/C13H14N4/c1-10(15)13-7-16-17(9-13)8-12-5-3-2-4-11(12)6-14/h2-5,7,9-10H,8,15H2,1H3/t10-/m1/s1. The van der Waals surface area contributed by atoms with Crippen LogP contribution in [0.5, 0.6) is 0 Å². The van der Waals surface area contributed by atoms with E-state index in [0.717, 1.165) is 11.1 Å². The fourth-order valence-corrected chi connectivity index (χ4v) is 1.64. The summed E-state index contributed by atoms with van der Waals surface area (Å²) < 4.78 is 1.80. The first-order valence-electron chi connectivity index (χ1n) is 5.46. The predicted octanol–water partition coefficient (Wildman–Crippen LogP) is 1.82. The van der Waals surface area contributed by atoms with Crippen LogP contribution in [-0.4, -0.2) is 9.78 Å². The molecule has 0 fully saturated rings. The Kier molecular flexibility index (Phi) is 3.22. The number of nitriles is 1. The summed E-state index contributed by atoms with van der Waals surface area (Å²) >= 11 is 0. The Hall–Kier alpha value is -2.12. The van der Waals surface area contributed by atoms with E-state index in [1.54, 1.807) is 10.9 Å². The Morgan fingerprint density at radius 1 is 1.47 bits per heavy atom. The minimum absolute atomic E-state index is 0.0186. The Morgan fingerprint density at radius 2 is 2.24 bits per heavy atom. The zero-order valence-electron chi connectivity index (χ0n) is 9.67. The van der Waals surface area contributed by atoms with Crippen molar-refractivity contribution in [1.29, 1.82) is 5.26 Å². The molecule has 0 aliphatic rings. The largest absolute Gasteiger partial charge is 0.324 e. The van der Waals surface area contributed by atoms with E-state index in [2.05, 4.69) is 11.2 Å². The molecule has 0 aliphatic carbocycles. The molecule has 4 heteroatoms. The number of rotatable bonds is 3. The topological polar surface area (TPSA) is 67.6 Å². The van der Waals surface area contributed by atoms with Crippen molar-refractivity contribution in [2.75, 3.05) is 0 Å². The molecular weight excluding hydrogens is 212 g/mol. The smallest absolute Gasteiger partial charge is 0.0995 e. The van der Waals surface area contributed by atoms with Crippen molar-refractivity contribution >= 4 is 0 Å². The van der Waals surface area contributed by atoms with E-state index in [4.69, 9.17) is 11.0 Å². The highest BCUT2D eigenvalue weighted by Gasteiger charge is 2.05. The lowest BCUT2D eigenvalue weighted by atomic mass is 10.1. The normalized spacial score (nSPS) is 12.1. The average molecular weight is 226 g/mol. The van der Waals surface area contributed by atoms with E-state index in [1.165, 1.54) is 0 Å². The van der Waals surface area contributed by atoms with Gasteiger partial charge in [0.15, 0.2) is 0 Å². The molecule has 0 saturated heterocycles. The molecular formula is C13H14N4. The minimum atomic E-state index is -0.0186. The third-order valence-electron chi connectivity index (χ3n) is 2.65. The maximum Gasteiger partial charge on any atom is 0.0995 e. The second-order valence-corrected chi connectivity index (χ2v) is 4.03. The SMILES string of the molecule is C[C@@H](N)c1cnn(Cc2ccccc2C#N)c1. The van der Waals surface area contributed by atoms with Crippen LogP contribution in [0.4, 0.5) is 0 Å². The maximum atomic E-state index is 8.99. The summed E-state index contributed by atoms with van der Waals surface area (Å²) in [4.78, 5) is 0. The molecule has 2 N–H and O–H groups in total. The Morgan fingerprint density at radius 3 is 2.88 bits per heavy atom. The van der Waals surface area contributed by atoms with Gasteiger partial charge in [-0.1, -0.05) is 18.2 Å². The Balaban J connectivity index is 2.23. The van der Waals surface area contributed by atoms with E-state index >= 15 is 0 Å². The zero-order chi connectivity index (χ0) is 12.3. The molecule has 0 bridgehead atoms. The number of nitrogens with zero attached hydrogens (tertiary/aromatic N) is 3. The lowest BCUT2D eigenvalue weighted by Gasteiger charge is -2.04. The third-order valence-corrected chi connectivity index (χ3v) is 2.65. The van der Waals surface area contributed by atoms with Gasteiger partial charge >= 0.3 is 0 Å². The monoisotopic (exact) mass is 226 g/mol. The van der Waals surface area contributed by atoms with Gasteiger partial charge in [-0.05, 0) is 18.6 Å². The van der Waals surface area contributed by atoms with E-state index in [-0.39, 0.29) is 6.04 Å². The molecule has 0 amide bonds. The van der Waals surface area contributed by atoms with Gasteiger partial charge in [0.2, 0.25) is 0 Å². The second kappa shape index (κ2) is 4.81. The summed E-state index contributed by atoms with van der Waals surface area (Å²) in [5.41, 5.74) is 8.42. The predicted molar refractivity (Wildman–Crippen MR) is 65.1 cm³/mol. The molecule has 17 heavy (non-hydrogen) atoms. The van der Waals surface area contributed by atoms with Gasteiger partial charge in [-0.2, -0.15) is 10.4 Å². The first-order valence-corrected chi connectivity index (χ1v) is 5.46. The van der Waals surface area contributed by atoms with Crippen LogP contribution >= 0.6 is 0 Å². The van der Waals surface area contributed by atoms with Crippen LogP contribution in [0.1, 0.15) is 29.7 Å². The maximum absolute atomic E-state index is 8.99. The molecule has 86 valence electrons. The summed E-state index contributed by atoms with van der Waals surface area (Å²) in [7, 11) is 0. The summed E-state index contributed by atoms with van der Waals surface area (Å²) in [6.07, 6.45) is 3.68. The quantitative estimate of drug-likeness (QED) is 0.868. The first-order chi connectivity index (χ1) is 8.20. The number of aromatic nitrogens is 2. The molecule has 0 radical (unpaired) electrons. The first kappa shape index (κ1) is 11.4. The lowest BCUT2D eigenvalue weighted by Crippen LogP contribution is -2.04. The van der Waals surface area contributed by atoms with Crippen LogP contribution in [0.3, 0.4) is 0 Å². The minimum Gasteiger partial charge on any atom is -0.324 e. The molecule has 0 saturated carbocycles. The van der Waals surface area contributed by atoms with Crippen molar-refractivity contribution in [2.45, 2.75) is 19.5 Å². The third kappa shape index (κ3) is 2.52. The van der Waals surface area contributed by atoms with Crippen LogP contribution in [0.25, 0.3) is 0 Å². The molecule has 0 unspecified atom stereocenters. The summed E-state index contributed by atoms with van der Waals surface area (Å²) in [5.74, 6) is 0. The molecule has 4 nitrogen and oxygen atoms in total. The number of hydrogen-bond acceptors (Lipinski definition) is 3. The molecule has 2 rings (SSSR count). The molecule has 1 atom stereocenters. The molecule has 1 aromatic carbocycles. The molecule has 0 spiro atoms. The van der Waals surface area contributed by atoms with Crippen molar-refractivity contribution < 1.29 is 0 Å². The van der Waals surface area contributed by atoms with Gasteiger partial charge in [-0.15, -0.1) is 0 Å². The highest BCUT2D eigenvalue weighted by Crippen LogP contribution is 2.12. The number of benzene rings is 1. The van der Waals surface area contributed by atoms with Crippen molar-refractivity contribution in [3.8, 4) is 6.07 Å². The summed E-state index contributed by atoms with van der Waals surface area (Å²) in [6.45, 7) is 2.51. The molecule has 2 aromatic rings. The van der Waals surface area contributed by atoms with Crippen molar-refractivity contribution in [3.63, 3.8) is 0 Å². The fraction of sp³-hybridized carbons (Fsp3) is 0.231. The van der Waals surface area contributed by atoms with Gasteiger partial charge in [-0.3, -0.25) is 4.68 Å². The zero-order valence-corrected chi connectivity index (χ0v) is 9.67. The molecule has 1 heterocycles. The lowest BCUT2D eigenvalue weighted by molar-refractivity contribution is 0.683. The second-order valence-electron chi connectivity index (χ2n) is 4.03. The van der Waals surface area contributed by atoms with Crippen LogP contribution in [0, 0.1) is 11.3 Å². The van der Waals surface area contributed by atoms with Gasteiger partial charge in [0, 0.05) is 17.8 Å². The number of hydrogen-bond donors (Lipinski definition) is 1.